The predicted molar refractivity (Wildman–Crippen MR) is 67.3 cm³/mol. The van der Waals surface area contributed by atoms with Crippen LogP contribution in [-0.2, 0) is 16.9 Å². The summed E-state index contributed by atoms with van der Waals surface area (Å²) in [4.78, 5) is 13.5. The molecule has 4 rings (SSSR count). The van der Waals surface area contributed by atoms with Gasteiger partial charge in [-0.25, -0.2) is 4.79 Å². The first kappa shape index (κ1) is 10.00. The minimum Gasteiger partial charge on any atom is -0.436 e. The van der Waals surface area contributed by atoms with Crippen LogP contribution >= 0.6 is 0 Å². The summed E-state index contributed by atoms with van der Waals surface area (Å²) in [5.74, 6) is 0. The molecule has 0 radical (unpaired) electrons. The highest BCUT2D eigenvalue weighted by Gasteiger charge is 2.53. The van der Waals surface area contributed by atoms with Gasteiger partial charge in [0.25, 0.3) is 0 Å². The zero-order valence-electron chi connectivity index (χ0n) is 10.4. The molecule has 1 saturated heterocycles. The Balaban J connectivity index is 2.06. The second-order valence-electron chi connectivity index (χ2n) is 5.31. The monoisotopic (exact) mass is 242 g/mol. The smallest absolute Gasteiger partial charge is 0.410 e. The standard InChI is InChI=1S/C14H14N2O2/c1-14-10-5-3-4-9-6-7-16(12(9)10)8-11(14)15(2)13(17)18-14/h3-7,11H,8H2,1-2H3/t11-,14?/m1/s1. The van der Waals surface area contributed by atoms with E-state index in [0.29, 0.717) is 0 Å². The van der Waals surface area contributed by atoms with Crippen molar-refractivity contribution in [2.24, 2.45) is 0 Å². The quantitative estimate of drug-likeness (QED) is 0.710. The van der Waals surface area contributed by atoms with Crippen LogP contribution in [0.4, 0.5) is 4.79 Å². The van der Waals surface area contributed by atoms with E-state index >= 15 is 0 Å². The summed E-state index contributed by atoms with van der Waals surface area (Å²) < 4.78 is 7.87. The molecule has 2 atom stereocenters. The second-order valence-corrected chi connectivity index (χ2v) is 5.31. The number of fused-ring (bicyclic) bond motifs is 2. The lowest BCUT2D eigenvalue weighted by Gasteiger charge is -2.36. The molecule has 92 valence electrons. The van der Waals surface area contributed by atoms with Crippen molar-refractivity contribution in [2.75, 3.05) is 7.05 Å². The van der Waals surface area contributed by atoms with Crippen LogP contribution in [0.15, 0.2) is 30.5 Å². The Kier molecular flexibility index (Phi) is 1.60. The number of amides is 1. The van der Waals surface area contributed by atoms with E-state index in [1.54, 1.807) is 4.90 Å². The fourth-order valence-electron chi connectivity index (χ4n) is 3.35. The van der Waals surface area contributed by atoms with E-state index in [1.807, 2.05) is 20.0 Å². The molecule has 1 aromatic heterocycles. The molecule has 0 aliphatic carbocycles. The summed E-state index contributed by atoms with van der Waals surface area (Å²) in [5, 5.41) is 1.21. The first-order valence-electron chi connectivity index (χ1n) is 6.15. The van der Waals surface area contributed by atoms with Crippen LogP contribution in [0.25, 0.3) is 10.9 Å². The van der Waals surface area contributed by atoms with Crippen LogP contribution in [0.3, 0.4) is 0 Å². The Morgan fingerprint density at radius 1 is 1.39 bits per heavy atom. The van der Waals surface area contributed by atoms with Gasteiger partial charge in [0.1, 0.15) is 0 Å². The summed E-state index contributed by atoms with van der Waals surface area (Å²) in [6.07, 6.45) is 1.86. The zero-order chi connectivity index (χ0) is 12.5. The van der Waals surface area contributed by atoms with E-state index in [-0.39, 0.29) is 12.1 Å². The van der Waals surface area contributed by atoms with Gasteiger partial charge in [-0.05, 0) is 13.0 Å². The van der Waals surface area contributed by atoms with Gasteiger partial charge in [0.05, 0.1) is 11.6 Å². The molecule has 1 fully saturated rings. The zero-order valence-corrected chi connectivity index (χ0v) is 10.4. The summed E-state index contributed by atoms with van der Waals surface area (Å²) in [7, 11) is 1.81. The highest BCUT2D eigenvalue weighted by Crippen LogP contribution is 2.45. The van der Waals surface area contributed by atoms with Gasteiger partial charge in [0.2, 0.25) is 0 Å². The lowest BCUT2D eigenvalue weighted by atomic mass is 9.84. The fraction of sp³-hybridized carbons (Fsp3) is 0.357. The number of para-hydroxylation sites is 1. The molecule has 2 aromatic rings. The largest absolute Gasteiger partial charge is 0.436 e. The molecule has 1 unspecified atom stereocenters. The average molecular weight is 242 g/mol. The van der Waals surface area contributed by atoms with Gasteiger partial charge in [0.15, 0.2) is 5.60 Å². The van der Waals surface area contributed by atoms with Crippen molar-refractivity contribution in [1.29, 1.82) is 0 Å². The Labute approximate surface area is 105 Å². The van der Waals surface area contributed by atoms with Gasteiger partial charge in [-0.3, -0.25) is 0 Å². The normalized spacial score (nSPS) is 29.6. The number of hydrogen-bond acceptors (Lipinski definition) is 2. The maximum Gasteiger partial charge on any atom is 0.410 e. The Hall–Kier alpha value is -1.97. The molecule has 0 spiro atoms. The predicted octanol–water partition coefficient (Wildman–Crippen LogP) is 2.32. The van der Waals surface area contributed by atoms with Crippen molar-refractivity contribution in [2.45, 2.75) is 25.1 Å². The van der Waals surface area contributed by atoms with E-state index in [0.717, 1.165) is 12.1 Å². The van der Waals surface area contributed by atoms with E-state index in [4.69, 9.17) is 4.74 Å². The summed E-state index contributed by atoms with van der Waals surface area (Å²) in [5.41, 5.74) is 1.78. The van der Waals surface area contributed by atoms with Gasteiger partial charge in [0, 0.05) is 30.7 Å². The molecule has 3 heterocycles. The van der Waals surface area contributed by atoms with Crippen molar-refractivity contribution in [3.05, 3.63) is 36.0 Å². The van der Waals surface area contributed by atoms with E-state index in [2.05, 4.69) is 29.0 Å². The van der Waals surface area contributed by atoms with Gasteiger partial charge in [-0.2, -0.15) is 0 Å². The molecule has 0 bridgehead atoms. The average Bonchev–Trinajstić information content (AvgIpc) is 2.85. The van der Waals surface area contributed by atoms with Crippen LogP contribution in [0.1, 0.15) is 12.5 Å². The van der Waals surface area contributed by atoms with E-state index < -0.39 is 5.60 Å². The molecule has 4 nitrogen and oxygen atoms in total. The van der Waals surface area contributed by atoms with Crippen molar-refractivity contribution >= 4 is 17.0 Å². The third-order valence-corrected chi connectivity index (χ3v) is 4.38. The van der Waals surface area contributed by atoms with Crippen LogP contribution in [0.2, 0.25) is 0 Å². The lowest BCUT2D eigenvalue weighted by Crippen LogP contribution is -2.45. The first-order chi connectivity index (χ1) is 8.61. The van der Waals surface area contributed by atoms with E-state index in [1.165, 1.54) is 10.9 Å². The van der Waals surface area contributed by atoms with Crippen molar-refractivity contribution < 1.29 is 9.53 Å². The fourth-order valence-corrected chi connectivity index (χ4v) is 3.35. The molecule has 2 aliphatic rings. The van der Waals surface area contributed by atoms with Gasteiger partial charge >= 0.3 is 6.09 Å². The molecule has 4 heteroatoms. The molecular formula is C14H14N2O2. The maximum atomic E-state index is 11.8. The number of carbonyl (C=O) groups is 1. The minimum atomic E-state index is -0.528. The summed E-state index contributed by atoms with van der Waals surface area (Å²) in [6, 6.07) is 8.37. The molecule has 1 amide bonds. The number of nitrogens with zero attached hydrogens (tertiary/aromatic N) is 2. The SMILES string of the molecule is CN1C(=O)OC2(C)c3cccc4ccn(c34)C[C@@H]12. The first-order valence-corrected chi connectivity index (χ1v) is 6.15. The lowest BCUT2D eigenvalue weighted by molar-refractivity contribution is 0.0410. The minimum absolute atomic E-state index is 0.0653. The van der Waals surface area contributed by atoms with Crippen molar-refractivity contribution in [1.82, 2.24) is 9.47 Å². The second kappa shape index (κ2) is 2.88. The topological polar surface area (TPSA) is 34.5 Å². The van der Waals surface area contributed by atoms with Crippen molar-refractivity contribution in [3.8, 4) is 0 Å². The highest BCUT2D eigenvalue weighted by molar-refractivity contribution is 5.86. The number of ether oxygens (including phenoxy) is 1. The number of likely N-dealkylation sites (N-methyl/N-ethyl adjacent to an activating group) is 1. The molecule has 18 heavy (non-hydrogen) atoms. The van der Waals surface area contributed by atoms with E-state index in [9.17, 15) is 4.79 Å². The number of aromatic nitrogens is 1. The van der Waals surface area contributed by atoms with Gasteiger partial charge in [-0.15, -0.1) is 0 Å². The van der Waals surface area contributed by atoms with Crippen LogP contribution in [0.5, 0.6) is 0 Å². The Morgan fingerprint density at radius 3 is 3.06 bits per heavy atom. The summed E-state index contributed by atoms with van der Waals surface area (Å²) in [6.45, 7) is 2.81. The molecule has 0 saturated carbocycles. The summed E-state index contributed by atoms with van der Waals surface area (Å²) >= 11 is 0. The molecule has 0 N–H and O–H groups in total. The maximum absolute atomic E-state index is 11.8. The number of benzene rings is 1. The van der Waals surface area contributed by atoms with Crippen LogP contribution in [-0.4, -0.2) is 28.6 Å². The molecular weight excluding hydrogens is 228 g/mol. The van der Waals surface area contributed by atoms with Crippen LogP contribution in [0, 0.1) is 0 Å². The Bertz CT molecular complexity index is 675. The number of carbonyl (C=O) groups excluding carboxylic acids is 1. The molecule has 2 aliphatic heterocycles. The number of hydrogen-bond donors (Lipinski definition) is 0. The Morgan fingerprint density at radius 2 is 2.22 bits per heavy atom. The van der Waals surface area contributed by atoms with Crippen LogP contribution < -0.4 is 0 Å². The van der Waals surface area contributed by atoms with Gasteiger partial charge in [-0.1, -0.05) is 18.2 Å². The highest BCUT2D eigenvalue weighted by atomic mass is 16.6. The number of rotatable bonds is 0. The van der Waals surface area contributed by atoms with Gasteiger partial charge < -0.3 is 14.2 Å². The third-order valence-electron chi connectivity index (χ3n) is 4.38. The molecule has 1 aromatic carbocycles. The van der Waals surface area contributed by atoms with Crippen molar-refractivity contribution in [3.63, 3.8) is 0 Å². The third kappa shape index (κ3) is 0.952.